The van der Waals surface area contributed by atoms with Crippen LogP contribution < -0.4 is 5.32 Å². The molecule has 0 aromatic carbocycles. The van der Waals surface area contributed by atoms with Crippen LogP contribution in [0, 0.1) is 0 Å². The highest BCUT2D eigenvalue weighted by atomic mass is 32.2. The molecule has 0 radical (unpaired) electrons. The van der Waals surface area contributed by atoms with E-state index in [9.17, 15) is 14.7 Å². The fourth-order valence-electron chi connectivity index (χ4n) is 2.13. The van der Waals surface area contributed by atoms with Crippen molar-refractivity contribution in [2.24, 2.45) is 0 Å². The molecule has 1 aliphatic heterocycles. The molecule has 0 saturated carbocycles. The van der Waals surface area contributed by atoms with Crippen molar-refractivity contribution >= 4 is 23.6 Å². The van der Waals surface area contributed by atoms with E-state index < -0.39 is 11.5 Å². The first-order valence-corrected chi connectivity index (χ1v) is 7.44. The van der Waals surface area contributed by atoms with Gasteiger partial charge in [-0.2, -0.15) is 11.8 Å². The summed E-state index contributed by atoms with van der Waals surface area (Å²) in [6, 6.07) is 1.60. The molecule has 0 spiro atoms. The van der Waals surface area contributed by atoms with Gasteiger partial charge in [0.05, 0.1) is 11.8 Å². The number of hydrogen-bond acceptors (Lipinski definition) is 4. The molecule has 1 aromatic rings. The van der Waals surface area contributed by atoms with Crippen LogP contribution in [0.1, 0.15) is 35.9 Å². The summed E-state index contributed by atoms with van der Waals surface area (Å²) in [7, 11) is 0. The van der Waals surface area contributed by atoms with Gasteiger partial charge in [0, 0.05) is 12.2 Å². The summed E-state index contributed by atoms with van der Waals surface area (Å²) in [5.41, 5.74) is -0.693. The number of furan rings is 1. The van der Waals surface area contributed by atoms with Crippen LogP contribution in [-0.2, 0) is 11.2 Å². The van der Waals surface area contributed by atoms with Crippen molar-refractivity contribution in [3.8, 4) is 0 Å². The Morgan fingerprint density at radius 3 is 2.95 bits per heavy atom. The van der Waals surface area contributed by atoms with Gasteiger partial charge in [0.15, 0.2) is 0 Å². The molecule has 5 nitrogen and oxygen atoms in total. The zero-order valence-electron chi connectivity index (χ0n) is 10.8. The van der Waals surface area contributed by atoms with E-state index in [1.165, 1.54) is 6.26 Å². The number of aliphatic carboxylic acids is 1. The lowest BCUT2D eigenvalue weighted by Crippen LogP contribution is -2.54. The van der Waals surface area contributed by atoms with E-state index in [-0.39, 0.29) is 5.91 Å². The Bertz CT molecular complexity index is 477. The zero-order valence-corrected chi connectivity index (χ0v) is 11.6. The molecule has 1 saturated heterocycles. The molecule has 19 heavy (non-hydrogen) atoms. The van der Waals surface area contributed by atoms with Crippen LogP contribution in [0.25, 0.3) is 0 Å². The van der Waals surface area contributed by atoms with E-state index in [2.05, 4.69) is 5.32 Å². The summed E-state index contributed by atoms with van der Waals surface area (Å²) < 4.78 is 5.27. The second-order valence-corrected chi connectivity index (χ2v) is 5.76. The molecular weight excluding hydrogens is 266 g/mol. The van der Waals surface area contributed by atoms with Crippen LogP contribution in [0.3, 0.4) is 0 Å². The average molecular weight is 283 g/mol. The number of amides is 1. The third-order valence-corrected chi connectivity index (χ3v) is 4.44. The third kappa shape index (κ3) is 2.78. The van der Waals surface area contributed by atoms with Crippen molar-refractivity contribution in [1.29, 1.82) is 0 Å². The molecule has 104 valence electrons. The molecule has 2 N–H and O–H groups in total. The summed E-state index contributed by atoms with van der Waals surface area (Å²) in [6.45, 7) is 2.00. The molecule has 0 aliphatic carbocycles. The van der Waals surface area contributed by atoms with Crippen LogP contribution in [0.5, 0.6) is 0 Å². The molecule has 1 atom stereocenters. The van der Waals surface area contributed by atoms with Crippen LogP contribution in [0.15, 0.2) is 16.7 Å². The number of thioether (sulfide) groups is 1. The summed E-state index contributed by atoms with van der Waals surface area (Å²) in [4.78, 5) is 23.6. The van der Waals surface area contributed by atoms with Gasteiger partial charge >= 0.3 is 5.97 Å². The quantitative estimate of drug-likeness (QED) is 0.863. The molecule has 1 amide bonds. The Balaban J connectivity index is 2.15. The molecular formula is C13H17NO4S. The number of aryl methyl sites for hydroxylation is 1. The van der Waals surface area contributed by atoms with E-state index >= 15 is 0 Å². The van der Waals surface area contributed by atoms with Crippen LogP contribution in [0.2, 0.25) is 0 Å². The average Bonchev–Trinajstić information content (AvgIpc) is 2.99. The Labute approximate surface area is 115 Å². The molecule has 1 aromatic heterocycles. The normalized spacial score (nSPS) is 22.4. The minimum absolute atomic E-state index is 0.359. The van der Waals surface area contributed by atoms with Gasteiger partial charge in [-0.1, -0.05) is 6.92 Å². The number of hydrogen-bond donors (Lipinski definition) is 2. The highest BCUT2D eigenvalue weighted by molar-refractivity contribution is 7.99. The maximum atomic E-state index is 12.2. The standard InChI is InChI=1S/C13H17NO4S/c1-2-3-10-9(4-6-18-10)11(15)14-13(12(16)17)5-7-19-8-13/h4,6H,2-3,5,7-8H2,1H3,(H,14,15)(H,16,17). The van der Waals surface area contributed by atoms with Gasteiger partial charge in [0.1, 0.15) is 11.3 Å². The molecule has 1 aliphatic rings. The summed E-state index contributed by atoms with van der Waals surface area (Å²) in [5, 5.41) is 12.0. The first kappa shape index (κ1) is 14.0. The predicted molar refractivity (Wildman–Crippen MR) is 72.5 cm³/mol. The SMILES string of the molecule is CCCc1occc1C(=O)NC1(C(=O)O)CCSC1. The first-order valence-electron chi connectivity index (χ1n) is 6.29. The van der Waals surface area contributed by atoms with Crippen molar-refractivity contribution in [2.75, 3.05) is 11.5 Å². The molecule has 1 fully saturated rings. The predicted octanol–water partition coefficient (Wildman–Crippen LogP) is 1.92. The fourth-order valence-corrected chi connectivity index (χ4v) is 3.46. The van der Waals surface area contributed by atoms with Gasteiger partial charge in [0.2, 0.25) is 0 Å². The number of carboxylic acid groups (broad SMARTS) is 1. The van der Waals surface area contributed by atoms with E-state index in [1.807, 2.05) is 6.92 Å². The number of carbonyl (C=O) groups is 2. The first-order chi connectivity index (χ1) is 9.09. The number of carboxylic acids is 1. The van der Waals surface area contributed by atoms with Gasteiger partial charge in [-0.05, 0) is 24.7 Å². The largest absolute Gasteiger partial charge is 0.479 e. The lowest BCUT2D eigenvalue weighted by atomic mass is 9.98. The van der Waals surface area contributed by atoms with Crippen LogP contribution in [-0.4, -0.2) is 34.0 Å². The monoisotopic (exact) mass is 283 g/mol. The van der Waals surface area contributed by atoms with E-state index in [0.29, 0.717) is 29.9 Å². The highest BCUT2D eigenvalue weighted by Gasteiger charge is 2.43. The van der Waals surface area contributed by atoms with Crippen LogP contribution >= 0.6 is 11.8 Å². The molecule has 1 unspecified atom stereocenters. The summed E-state index contributed by atoms with van der Waals surface area (Å²) in [5.74, 6) is 0.453. The Hall–Kier alpha value is -1.43. The van der Waals surface area contributed by atoms with Crippen molar-refractivity contribution < 1.29 is 19.1 Å². The highest BCUT2D eigenvalue weighted by Crippen LogP contribution is 2.29. The number of nitrogens with one attached hydrogen (secondary N) is 1. The van der Waals surface area contributed by atoms with Gasteiger partial charge in [0.25, 0.3) is 5.91 Å². The van der Waals surface area contributed by atoms with E-state index in [0.717, 1.165) is 12.2 Å². The van der Waals surface area contributed by atoms with Crippen LogP contribution in [0.4, 0.5) is 0 Å². The minimum atomic E-state index is -1.14. The topological polar surface area (TPSA) is 79.5 Å². The lowest BCUT2D eigenvalue weighted by molar-refractivity contribution is -0.143. The molecule has 6 heteroatoms. The van der Waals surface area contributed by atoms with Crippen molar-refractivity contribution in [3.05, 3.63) is 23.7 Å². The Kier molecular flexibility index (Phi) is 4.19. The molecule has 0 bridgehead atoms. The molecule has 2 rings (SSSR count). The van der Waals surface area contributed by atoms with Crippen molar-refractivity contribution in [3.63, 3.8) is 0 Å². The second-order valence-electron chi connectivity index (χ2n) is 4.65. The minimum Gasteiger partial charge on any atom is -0.479 e. The van der Waals surface area contributed by atoms with Gasteiger partial charge in [-0.15, -0.1) is 0 Å². The van der Waals surface area contributed by atoms with Crippen molar-refractivity contribution in [2.45, 2.75) is 31.7 Å². The van der Waals surface area contributed by atoms with E-state index in [4.69, 9.17) is 4.42 Å². The Morgan fingerprint density at radius 2 is 2.37 bits per heavy atom. The van der Waals surface area contributed by atoms with Crippen molar-refractivity contribution in [1.82, 2.24) is 5.32 Å². The number of rotatable bonds is 5. The summed E-state index contributed by atoms with van der Waals surface area (Å²) >= 11 is 1.54. The van der Waals surface area contributed by atoms with E-state index in [1.54, 1.807) is 17.8 Å². The Morgan fingerprint density at radius 1 is 1.58 bits per heavy atom. The number of carbonyl (C=O) groups excluding carboxylic acids is 1. The maximum Gasteiger partial charge on any atom is 0.330 e. The molecule has 2 heterocycles. The van der Waals surface area contributed by atoms with Gasteiger partial charge in [-0.25, -0.2) is 4.79 Å². The lowest BCUT2D eigenvalue weighted by Gasteiger charge is -2.24. The van der Waals surface area contributed by atoms with Gasteiger partial charge < -0.3 is 14.8 Å². The fraction of sp³-hybridized carbons (Fsp3) is 0.538. The second kappa shape index (κ2) is 5.69. The maximum absolute atomic E-state index is 12.2. The smallest absolute Gasteiger partial charge is 0.330 e. The third-order valence-electron chi connectivity index (χ3n) is 3.25. The van der Waals surface area contributed by atoms with Gasteiger partial charge in [-0.3, -0.25) is 4.79 Å². The zero-order chi connectivity index (χ0) is 13.9. The summed E-state index contributed by atoms with van der Waals surface area (Å²) in [6.07, 6.45) is 3.47.